The average Bonchev–Trinajstić information content (AvgIpc) is 2.71. The molecule has 0 aromatic heterocycles. The highest BCUT2D eigenvalue weighted by Crippen LogP contribution is 2.19. The maximum Gasteiger partial charge on any atom is 0.273 e. The fraction of sp³-hybridized carbons (Fsp3) is 0.182. The smallest absolute Gasteiger partial charge is 0.273 e. The maximum absolute atomic E-state index is 12.4. The molecule has 5 nitrogen and oxygen atoms in total. The molecule has 0 aliphatic rings. The van der Waals surface area contributed by atoms with Crippen molar-refractivity contribution in [2.45, 2.75) is 19.8 Å². The van der Waals surface area contributed by atoms with Crippen LogP contribution in [0.5, 0.6) is 5.75 Å². The Kier molecular flexibility index (Phi) is 6.05. The van der Waals surface area contributed by atoms with Gasteiger partial charge in [0.2, 0.25) is 5.91 Å². The molecule has 2 N–H and O–H groups in total. The van der Waals surface area contributed by atoms with E-state index in [1.807, 2.05) is 49.4 Å². The molecule has 0 aliphatic carbocycles. The number of rotatable bonds is 6. The molecular formula is C22H22N2O3. The third-order valence-electron chi connectivity index (χ3n) is 4.14. The van der Waals surface area contributed by atoms with Crippen molar-refractivity contribution in [2.24, 2.45) is 0 Å². The van der Waals surface area contributed by atoms with Gasteiger partial charge in [-0.3, -0.25) is 20.4 Å². The Hall–Kier alpha value is -3.34. The lowest BCUT2D eigenvalue weighted by Gasteiger charge is -2.12. The van der Waals surface area contributed by atoms with Crippen molar-refractivity contribution in [2.75, 3.05) is 6.61 Å². The van der Waals surface area contributed by atoms with Crippen molar-refractivity contribution in [1.82, 2.24) is 10.9 Å². The van der Waals surface area contributed by atoms with Gasteiger partial charge < -0.3 is 4.74 Å². The number of hydrogen-bond acceptors (Lipinski definition) is 3. The number of hydrazine groups is 1. The Morgan fingerprint density at radius 3 is 2.48 bits per heavy atom. The number of ether oxygens (including phenoxy) is 1. The Labute approximate surface area is 158 Å². The molecule has 0 unspecified atom stereocenters. The van der Waals surface area contributed by atoms with Crippen LogP contribution in [0.1, 0.15) is 29.3 Å². The molecule has 0 aliphatic heterocycles. The SMILES string of the molecule is CCCOc1ccccc1C(=O)NNC(=O)Cc1cccc2ccccc12. The minimum atomic E-state index is -0.409. The Balaban J connectivity index is 1.63. The van der Waals surface area contributed by atoms with Gasteiger partial charge in [-0.1, -0.05) is 61.5 Å². The number of carbonyl (C=O) groups excluding carboxylic acids is 2. The highest BCUT2D eigenvalue weighted by atomic mass is 16.5. The summed E-state index contributed by atoms with van der Waals surface area (Å²) in [6, 6.07) is 20.7. The molecular weight excluding hydrogens is 340 g/mol. The van der Waals surface area contributed by atoms with Gasteiger partial charge in [-0.15, -0.1) is 0 Å². The standard InChI is InChI=1S/C22H22N2O3/c1-2-14-27-20-13-6-5-12-19(20)22(26)24-23-21(25)15-17-10-7-9-16-8-3-4-11-18(16)17/h3-13H,2,14-15H2,1H3,(H,23,25)(H,24,26). The summed E-state index contributed by atoms with van der Waals surface area (Å²) in [5.41, 5.74) is 6.24. The van der Waals surface area contributed by atoms with Crippen LogP contribution in [-0.4, -0.2) is 18.4 Å². The first-order chi connectivity index (χ1) is 13.2. The molecule has 138 valence electrons. The summed E-state index contributed by atoms with van der Waals surface area (Å²) in [6.45, 7) is 2.52. The number of fused-ring (bicyclic) bond motifs is 1. The Morgan fingerprint density at radius 2 is 1.63 bits per heavy atom. The normalized spacial score (nSPS) is 10.4. The van der Waals surface area contributed by atoms with Crippen molar-refractivity contribution >= 4 is 22.6 Å². The van der Waals surface area contributed by atoms with Gasteiger partial charge in [0.15, 0.2) is 0 Å². The number of nitrogens with one attached hydrogen (secondary N) is 2. The second-order valence-electron chi connectivity index (χ2n) is 6.16. The highest BCUT2D eigenvalue weighted by Gasteiger charge is 2.13. The topological polar surface area (TPSA) is 67.4 Å². The van der Waals surface area contributed by atoms with Gasteiger partial charge >= 0.3 is 0 Å². The molecule has 0 bridgehead atoms. The molecule has 3 rings (SSSR count). The van der Waals surface area contributed by atoms with Crippen LogP contribution in [0.15, 0.2) is 66.7 Å². The third-order valence-corrected chi connectivity index (χ3v) is 4.14. The van der Waals surface area contributed by atoms with Crippen LogP contribution in [0, 0.1) is 0 Å². The first kappa shape index (κ1) is 18.5. The van der Waals surface area contributed by atoms with E-state index < -0.39 is 5.91 Å². The van der Waals surface area contributed by atoms with Crippen LogP contribution in [0.25, 0.3) is 10.8 Å². The summed E-state index contributed by atoms with van der Waals surface area (Å²) in [6.07, 6.45) is 1.02. The van der Waals surface area contributed by atoms with Gasteiger partial charge in [-0.2, -0.15) is 0 Å². The maximum atomic E-state index is 12.4. The first-order valence-electron chi connectivity index (χ1n) is 8.96. The van der Waals surface area contributed by atoms with E-state index in [0.29, 0.717) is 17.9 Å². The van der Waals surface area contributed by atoms with Crippen LogP contribution >= 0.6 is 0 Å². The van der Waals surface area contributed by atoms with Crippen molar-refractivity contribution < 1.29 is 14.3 Å². The lowest BCUT2D eigenvalue weighted by atomic mass is 10.0. The van der Waals surface area contributed by atoms with E-state index in [0.717, 1.165) is 22.8 Å². The van der Waals surface area contributed by atoms with Crippen LogP contribution in [0.2, 0.25) is 0 Å². The lowest BCUT2D eigenvalue weighted by Crippen LogP contribution is -2.42. The first-order valence-corrected chi connectivity index (χ1v) is 8.96. The minimum absolute atomic E-state index is 0.176. The average molecular weight is 362 g/mol. The zero-order chi connectivity index (χ0) is 19.1. The largest absolute Gasteiger partial charge is 0.493 e. The Bertz CT molecular complexity index is 948. The van der Waals surface area contributed by atoms with Gasteiger partial charge in [0.25, 0.3) is 5.91 Å². The molecule has 5 heteroatoms. The number of para-hydroxylation sites is 1. The van der Waals surface area contributed by atoms with Gasteiger partial charge in [0, 0.05) is 0 Å². The predicted molar refractivity (Wildman–Crippen MR) is 105 cm³/mol. The van der Waals surface area contributed by atoms with Crippen molar-refractivity contribution in [3.63, 3.8) is 0 Å². The zero-order valence-corrected chi connectivity index (χ0v) is 15.2. The summed E-state index contributed by atoms with van der Waals surface area (Å²) in [7, 11) is 0. The molecule has 3 aromatic rings. The van der Waals surface area contributed by atoms with E-state index in [2.05, 4.69) is 10.9 Å². The summed E-state index contributed by atoms with van der Waals surface area (Å²) in [5, 5.41) is 2.11. The van der Waals surface area contributed by atoms with E-state index in [9.17, 15) is 9.59 Å². The second-order valence-corrected chi connectivity index (χ2v) is 6.16. The zero-order valence-electron chi connectivity index (χ0n) is 15.2. The van der Waals surface area contributed by atoms with Crippen molar-refractivity contribution in [3.05, 3.63) is 77.9 Å². The fourth-order valence-electron chi connectivity index (χ4n) is 2.85. The molecule has 27 heavy (non-hydrogen) atoms. The highest BCUT2D eigenvalue weighted by molar-refractivity contribution is 5.98. The van der Waals surface area contributed by atoms with Crippen LogP contribution in [0.4, 0.5) is 0 Å². The molecule has 2 amide bonds. The van der Waals surface area contributed by atoms with Crippen LogP contribution < -0.4 is 15.6 Å². The summed E-state index contributed by atoms with van der Waals surface area (Å²) in [5.74, 6) is -0.195. The van der Waals surface area contributed by atoms with Gasteiger partial charge in [0.1, 0.15) is 5.75 Å². The van der Waals surface area contributed by atoms with Crippen LogP contribution in [0.3, 0.4) is 0 Å². The third kappa shape index (κ3) is 4.64. The molecule has 0 saturated heterocycles. The molecule has 0 spiro atoms. The minimum Gasteiger partial charge on any atom is -0.493 e. The van der Waals surface area contributed by atoms with E-state index in [1.165, 1.54) is 0 Å². The molecule has 0 saturated carbocycles. The summed E-state index contributed by atoms with van der Waals surface area (Å²) < 4.78 is 5.58. The van der Waals surface area contributed by atoms with E-state index in [4.69, 9.17) is 4.74 Å². The quantitative estimate of drug-likeness (QED) is 0.658. The molecule has 3 aromatic carbocycles. The number of amides is 2. The predicted octanol–water partition coefficient (Wildman–Crippen LogP) is 3.63. The number of hydrogen-bond donors (Lipinski definition) is 2. The van der Waals surface area contributed by atoms with Gasteiger partial charge in [-0.05, 0) is 34.9 Å². The van der Waals surface area contributed by atoms with E-state index in [-0.39, 0.29) is 12.3 Å². The molecule has 0 atom stereocenters. The van der Waals surface area contributed by atoms with Crippen molar-refractivity contribution in [3.8, 4) is 5.75 Å². The fourth-order valence-corrected chi connectivity index (χ4v) is 2.85. The summed E-state index contributed by atoms with van der Waals surface area (Å²) >= 11 is 0. The van der Waals surface area contributed by atoms with Gasteiger partial charge in [0.05, 0.1) is 18.6 Å². The monoisotopic (exact) mass is 362 g/mol. The van der Waals surface area contributed by atoms with Crippen LogP contribution in [-0.2, 0) is 11.2 Å². The summed E-state index contributed by atoms with van der Waals surface area (Å²) in [4.78, 5) is 24.7. The second kappa shape index (κ2) is 8.85. The van der Waals surface area contributed by atoms with Gasteiger partial charge in [-0.25, -0.2) is 0 Å². The molecule has 0 fully saturated rings. The number of benzene rings is 3. The Morgan fingerprint density at radius 1 is 0.889 bits per heavy atom. The lowest BCUT2D eigenvalue weighted by molar-refractivity contribution is -0.121. The van der Waals surface area contributed by atoms with E-state index in [1.54, 1.807) is 24.3 Å². The number of carbonyl (C=O) groups is 2. The molecule has 0 radical (unpaired) electrons. The van der Waals surface area contributed by atoms with E-state index >= 15 is 0 Å². The molecule has 0 heterocycles. The van der Waals surface area contributed by atoms with Crippen molar-refractivity contribution in [1.29, 1.82) is 0 Å².